The predicted molar refractivity (Wildman–Crippen MR) is 155 cm³/mol. The van der Waals surface area contributed by atoms with Gasteiger partial charge in [0.15, 0.2) is 5.78 Å². The number of carbonyl (C=O) groups is 3. The molecule has 4 aliphatic heterocycles. The number of nitrogens with one attached hydrogen (secondary N) is 2. The Hall–Kier alpha value is -4.00. The van der Waals surface area contributed by atoms with Gasteiger partial charge in [-0.05, 0) is 72.5 Å². The molecule has 0 bridgehead atoms. The lowest BCUT2D eigenvalue weighted by Crippen LogP contribution is -2.62. The molecule has 0 aromatic heterocycles. The highest BCUT2D eigenvalue weighted by Gasteiger charge is 2.81. The van der Waals surface area contributed by atoms with Crippen LogP contribution in [0.4, 0.5) is 11.4 Å². The summed E-state index contributed by atoms with van der Waals surface area (Å²) in [6, 6.07) is 24.5. The number of carbonyl (C=O) groups excluding carboxylic acids is 3. The predicted octanol–water partition coefficient (Wildman–Crippen LogP) is 5.82. The van der Waals surface area contributed by atoms with Gasteiger partial charge in [-0.1, -0.05) is 66.2 Å². The fourth-order valence-corrected chi connectivity index (χ4v) is 8.61. The number of rotatable bonds is 2. The Morgan fingerprint density at radius 2 is 1.68 bits per heavy atom. The van der Waals surface area contributed by atoms with Crippen LogP contribution in [0.2, 0.25) is 5.02 Å². The molecule has 8 rings (SSSR count). The minimum absolute atomic E-state index is 0.119. The van der Waals surface area contributed by atoms with Gasteiger partial charge in [0.1, 0.15) is 11.0 Å². The van der Waals surface area contributed by atoms with Gasteiger partial charge in [-0.25, -0.2) is 0 Å². The number of fused-ring (bicyclic) bond motifs is 8. The number of nitrogens with zero attached hydrogens (tertiary/aromatic N) is 1. The first-order chi connectivity index (χ1) is 19.4. The highest BCUT2D eigenvalue weighted by atomic mass is 35.5. The molecular formula is C33H26ClN3O3. The standard InChI is InChI=1S/C33H26ClN3O3/c1-18-15-22(34)17-24-28(18)36-31(40)33(24)32(23-9-4-5-10-25(23)35-30(32)39)27(26-11-6-14-37(26)33)29(38)21-13-12-19-7-2-3-8-20(19)16-21/h2-5,7-10,12-13,15-17,26-27H,6,11,14H2,1H3,(H,35,39)(H,36,40). The Bertz CT molecular complexity index is 1820. The van der Waals surface area contributed by atoms with Gasteiger partial charge in [-0.15, -0.1) is 0 Å². The van der Waals surface area contributed by atoms with Gasteiger partial charge in [0.2, 0.25) is 5.91 Å². The minimum Gasteiger partial charge on any atom is -0.325 e. The van der Waals surface area contributed by atoms with Crippen LogP contribution in [0.15, 0.2) is 78.9 Å². The van der Waals surface area contributed by atoms with E-state index in [2.05, 4.69) is 15.5 Å². The highest BCUT2D eigenvalue weighted by Crippen LogP contribution is 2.68. The summed E-state index contributed by atoms with van der Waals surface area (Å²) in [4.78, 5) is 46.2. The van der Waals surface area contributed by atoms with Crippen LogP contribution in [0.5, 0.6) is 0 Å². The van der Waals surface area contributed by atoms with E-state index in [1.165, 1.54) is 0 Å². The van der Waals surface area contributed by atoms with Crippen LogP contribution in [0.3, 0.4) is 0 Å². The third-order valence-electron chi connectivity index (χ3n) is 9.68. The molecule has 0 aliphatic carbocycles. The third kappa shape index (κ3) is 2.66. The van der Waals surface area contributed by atoms with E-state index < -0.39 is 16.9 Å². The van der Waals surface area contributed by atoms with Gasteiger partial charge in [-0.2, -0.15) is 0 Å². The van der Waals surface area contributed by atoms with Crippen molar-refractivity contribution in [1.29, 1.82) is 0 Å². The number of anilines is 2. The molecule has 40 heavy (non-hydrogen) atoms. The molecule has 4 aromatic carbocycles. The quantitative estimate of drug-likeness (QED) is 0.310. The van der Waals surface area contributed by atoms with Crippen LogP contribution >= 0.6 is 11.6 Å². The highest BCUT2D eigenvalue weighted by molar-refractivity contribution is 6.31. The van der Waals surface area contributed by atoms with E-state index in [9.17, 15) is 14.4 Å². The number of aryl methyl sites for hydroxylation is 1. The topological polar surface area (TPSA) is 78.5 Å². The maximum atomic E-state index is 14.9. The first-order valence-corrected chi connectivity index (χ1v) is 14.1. The van der Waals surface area contributed by atoms with Crippen molar-refractivity contribution in [1.82, 2.24) is 4.90 Å². The van der Waals surface area contributed by atoms with Crippen molar-refractivity contribution in [3.05, 3.63) is 106 Å². The van der Waals surface area contributed by atoms with Crippen molar-refractivity contribution in [3.8, 4) is 0 Å². The lowest BCUT2D eigenvalue weighted by molar-refractivity contribution is -0.137. The summed E-state index contributed by atoms with van der Waals surface area (Å²) in [5.41, 5.74) is 1.15. The number of para-hydroxylation sites is 1. The van der Waals surface area contributed by atoms with Crippen LogP contribution in [-0.2, 0) is 20.5 Å². The summed E-state index contributed by atoms with van der Waals surface area (Å²) in [6.45, 7) is 2.51. The van der Waals surface area contributed by atoms with E-state index in [0.717, 1.165) is 22.8 Å². The minimum atomic E-state index is -1.48. The van der Waals surface area contributed by atoms with Crippen LogP contribution in [0, 0.1) is 12.8 Å². The zero-order valence-electron chi connectivity index (χ0n) is 21.8. The van der Waals surface area contributed by atoms with E-state index in [4.69, 9.17) is 11.6 Å². The lowest BCUT2D eigenvalue weighted by atomic mass is 9.57. The molecule has 7 heteroatoms. The molecule has 4 atom stereocenters. The molecule has 2 spiro atoms. The van der Waals surface area contributed by atoms with Gasteiger partial charge in [0.05, 0.1) is 5.92 Å². The zero-order chi connectivity index (χ0) is 27.4. The van der Waals surface area contributed by atoms with E-state index in [1.54, 1.807) is 0 Å². The SMILES string of the molecule is Cc1cc(Cl)cc2c1NC(=O)C21N2CCCC2C(C(=O)c2ccc3ccccc3c2)C12C(=O)Nc1ccccc12. The second-order valence-corrected chi connectivity index (χ2v) is 11.9. The molecular weight excluding hydrogens is 522 g/mol. The summed E-state index contributed by atoms with van der Waals surface area (Å²) < 4.78 is 0. The summed E-state index contributed by atoms with van der Waals surface area (Å²) in [5.74, 6) is -1.49. The number of benzene rings is 4. The van der Waals surface area contributed by atoms with Crippen molar-refractivity contribution in [2.24, 2.45) is 5.92 Å². The maximum Gasteiger partial charge on any atom is 0.251 e. The summed E-state index contributed by atoms with van der Waals surface area (Å²) >= 11 is 6.64. The van der Waals surface area contributed by atoms with Crippen molar-refractivity contribution in [2.45, 2.75) is 36.8 Å². The van der Waals surface area contributed by atoms with Crippen molar-refractivity contribution in [2.75, 3.05) is 17.2 Å². The smallest absolute Gasteiger partial charge is 0.251 e. The Labute approximate surface area is 236 Å². The molecule has 2 N–H and O–H groups in total. The average Bonchev–Trinajstić information content (AvgIpc) is 3.67. The van der Waals surface area contributed by atoms with Crippen LogP contribution < -0.4 is 10.6 Å². The molecule has 2 fully saturated rings. The molecule has 6 nitrogen and oxygen atoms in total. The zero-order valence-corrected chi connectivity index (χ0v) is 22.6. The van der Waals surface area contributed by atoms with Crippen LogP contribution in [0.25, 0.3) is 10.8 Å². The first kappa shape index (κ1) is 23.9. The molecule has 198 valence electrons. The second-order valence-electron chi connectivity index (χ2n) is 11.4. The van der Waals surface area contributed by atoms with Crippen molar-refractivity contribution >= 4 is 51.3 Å². The van der Waals surface area contributed by atoms with E-state index in [-0.39, 0.29) is 23.6 Å². The maximum absolute atomic E-state index is 14.9. The number of Topliss-reactive ketones (excluding diaryl/α,β-unsaturated/α-hetero) is 1. The van der Waals surface area contributed by atoms with Crippen molar-refractivity contribution < 1.29 is 14.4 Å². The first-order valence-electron chi connectivity index (χ1n) is 13.7. The largest absolute Gasteiger partial charge is 0.325 e. The number of ketones is 1. The van der Waals surface area contributed by atoms with Gasteiger partial charge in [0.25, 0.3) is 5.91 Å². The molecule has 0 radical (unpaired) electrons. The fraction of sp³-hybridized carbons (Fsp3) is 0.242. The van der Waals surface area contributed by atoms with Gasteiger partial charge >= 0.3 is 0 Å². The fourth-order valence-electron chi connectivity index (χ4n) is 8.33. The summed E-state index contributed by atoms with van der Waals surface area (Å²) in [6.07, 6.45) is 1.54. The van der Waals surface area contributed by atoms with Gasteiger partial charge < -0.3 is 10.6 Å². The van der Waals surface area contributed by atoms with Gasteiger partial charge in [-0.3, -0.25) is 19.3 Å². The second kappa shape index (κ2) is 8.03. The summed E-state index contributed by atoms with van der Waals surface area (Å²) in [7, 11) is 0. The Balaban J connectivity index is 1.46. The Morgan fingerprint density at radius 3 is 2.52 bits per heavy atom. The number of halogens is 1. The van der Waals surface area contributed by atoms with Crippen LogP contribution in [0.1, 0.15) is 39.9 Å². The number of hydrogen-bond acceptors (Lipinski definition) is 4. The van der Waals surface area contributed by atoms with Crippen molar-refractivity contribution in [3.63, 3.8) is 0 Å². The number of amides is 2. The Morgan fingerprint density at radius 1 is 0.900 bits per heavy atom. The normalized spacial score (nSPS) is 28.1. The average molecular weight is 548 g/mol. The third-order valence-corrected chi connectivity index (χ3v) is 9.90. The van der Waals surface area contributed by atoms with E-state index >= 15 is 0 Å². The molecule has 4 heterocycles. The molecule has 0 saturated carbocycles. The lowest BCUT2D eigenvalue weighted by Gasteiger charge is -2.43. The molecule has 4 aromatic rings. The van der Waals surface area contributed by atoms with Gasteiger partial charge in [0, 0.05) is 33.6 Å². The molecule has 2 amide bonds. The molecule has 2 saturated heterocycles. The Kier molecular flexibility index (Phi) is 4.79. The molecule has 4 unspecified atom stereocenters. The monoisotopic (exact) mass is 547 g/mol. The van der Waals surface area contributed by atoms with E-state index in [0.29, 0.717) is 46.1 Å². The van der Waals surface area contributed by atoms with Crippen LogP contribution in [-0.4, -0.2) is 35.1 Å². The number of hydrogen-bond donors (Lipinski definition) is 2. The summed E-state index contributed by atoms with van der Waals surface area (Å²) in [5, 5.41) is 8.71. The molecule has 4 aliphatic rings. The van der Waals surface area contributed by atoms with E-state index in [1.807, 2.05) is 85.8 Å².